The molecular weight excluding hydrogens is 216 g/mol. The van der Waals surface area contributed by atoms with Crippen LogP contribution in [0.2, 0.25) is 0 Å². The first-order chi connectivity index (χ1) is 7.64. The number of hydrogen-bond donors (Lipinski definition) is 1. The number of piperazine rings is 1. The normalized spacial score (nSPS) is 33.9. The average molecular weight is 242 g/mol. The van der Waals surface area contributed by atoms with E-state index >= 15 is 0 Å². The van der Waals surface area contributed by atoms with Gasteiger partial charge in [-0.1, -0.05) is 6.92 Å². The summed E-state index contributed by atoms with van der Waals surface area (Å²) in [5.41, 5.74) is 0.418. The standard InChI is InChI=1S/C13H26N2S/c1-11(16-3)6-8-15-9-7-14-13(2,10-15)12-4-5-12/h11-12,14H,4-10H2,1-3H3. The minimum absolute atomic E-state index is 0.418. The molecule has 0 spiro atoms. The smallest absolute Gasteiger partial charge is 0.0309 e. The quantitative estimate of drug-likeness (QED) is 0.796. The van der Waals surface area contributed by atoms with E-state index in [1.807, 2.05) is 11.8 Å². The van der Waals surface area contributed by atoms with Crippen molar-refractivity contribution in [3.63, 3.8) is 0 Å². The lowest BCUT2D eigenvalue weighted by Gasteiger charge is -2.42. The molecule has 2 fully saturated rings. The van der Waals surface area contributed by atoms with Gasteiger partial charge in [0.1, 0.15) is 0 Å². The van der Waals surface area contributed by atoms with Gasteiger partial charge >= 0.3 is 0 Å². The molecule has 2 nitrogen and oxygen atoms in total. The number of nitrogens with zero attached hydrogens (tertiary/aromatic N) is 1. The zero-order valence-electron chi connectivity index (χ0n) is 11.0. The van der Waals surface area contributed by atoms with Crippen LogP contribution in [0.25, 0.3) is 0 Å². The van der Waals surface area contributed by atoms with Crippen molar-refractivity contribution in [3.05, 3.63) is 0 Å². The Morgan fingerprint density at radius 1 is 1.50 bits per heavy atom. The van der Waals surface area contributed by atoms with Gasteiger partial charge in [0, 0.05) is 30.4 Å². The van der Waals surface area contributed by atoms with E-state index in [2.05, 4.69) is 30.3 Å². The van der Waals surface area contributed by atoms with Crippen LogP contribution in [0, 0.1) is 5.92 Å². The van der Waals surface area contributed by atoms with Crippen LogP contribution in [0.15, 0.2) is 0 Å². The van der Waals surface area contributed by atoms with Crippen molar-refractivity contribution in [1.29, 1.82) is 0 Å². The predicted octanol–water partition coefficient (Wildman–Crippen LogP) is 2.20. The summed E-state index contributed by atoms with van der Waals surface area (Å²) in [5.74, 6) is 0.952. The molecule has 2 rings (SSSR count). The SMILES string of the molecule is CSC(C)CCN1CCNC(C)(C2CC2)C1. The summed E-state index contributed by atoms with van der Waals surface area (Å²) in [6.07, 6.45) is 6.44. The van der Waals surface area contributed by atoms with Crippen LogP contribution in [-0.2, 0) is 0 Å². The van der Waals surface area contributed by atoms with Crippen molar-refractivity contribution in [1.82, 2.24) is 10.2 Å². The van der Waals surface area contributed by atoms with Crippen LogP contribution >= 0.6 is 11.8 Å². The summed E-state index contributed by atoms with van der Waals surface area (Å²) in [5, 5.41) is 4.55. The Hall–Kier alpha value is 0.270. The number of hydrogen-bond acceptors (Lipinski definition) is 3. The molecule has 1 aliphatic heterocycles. The van der Waals surface area contributed by atoms with E-state index in [1.165, 1.54) is 45.4 Å². The Morgan fingerprint density at radius 3 is 2.88 bits per heavy atom. The molecule has 0 amide bonds. The van der Waals surface area contributed by atoms with Gasteiger partial charge in [-0.05, 0) is 44.9 Å². The molecule has 1 saturated carbocycles. The molecule has 0 aromatic heterocycles. The van der Waals surface area contributed by atoms with Gasteiger partial charge in [0.2, 0.25) is 0 Å². The van der Waals surface area contributed by atoms with Gasteiger partial charge in [0.15, 0.2) is 0 Å². The minimum atomic E-state index is 0.418. The lowest BCUT2D eigenvalue weighted by atomic mass is 9.93. The van der Waals surface area contributed by atoms with Gasteiger partial charge in [0.25, 0.3) is 0 Å². The van der Waals surface area contributed by atoms with Crippen molar-refractivity contribution in [2.75, 3.05) is 32.4 Å². The Labute approximate surface area is 105 Å². The first-order valence-corrected chi connectivity index (χ1v) is 7.93. The molecule has 2 atom stereocenters. The molecular formula is C13H26N2S. The van der Waals surface area contributed by atoms with Gasteiger partial charge < -0.3 is 10.2 Å². The van der Waals surface area contributed by atoms with E-state index in [-0.39, 0.29) is 0 Å². The van der Waals surface area contributed by atoms with Crippen molar-refractivity contribution in [2.45, 2.75) is 43.9 Å². The highest BCUT2D eigenvalue weighted by Gasteiger charge is 2.43. The van der Waals surface area contributed by atoms with E-state index in [4.69, 9.17) is 0 Å². The second-order valence-electron chi connectivity index (χ2n) is 5.73. The first-order valence-electron chi connectivity index (χ1n) is 6.64. The Balaban J connectivity index is 1.77. The lowest BCUT2D eigenvalue weighted by molar-refractivity contribution is 0.126. The maximum absolute atomic E-state index is 3.74. The van der Waals surface area contributed by atoms with Gasteiger partial charge in [0.05, 0.1) is 0 Å². The molecule has 1 saturated heterocycles. The van der Waals surface area contributed by atoms with Gasteiger partial charge in [-0.3, -0.25) is 0 Å². The number of nitrogens with one attached hydrogen (secondary N) is 1. The topological polar surface area (TPSA) is 15.3 Å². The summed E-state index contributed by atoms with van der Waals surface area (Å²) in [7, 11) is 0. The molecule has 3 heteroatoms. The van der Waals surface area contributed by atoms with Gasteiger partial charge in [-0.25, -0.2) is 0 Å². The molecule has 1 aliphatic carbocycles. The fourth-order valence-electron chi connectivity index (χ4n) is 2.77. The zero-order valence-corrected chi connectivity index (χ0v) is 11.8. The van der Waals surface area contributed by atoms with Crippen LogP contribution in [0.5, 0.6) is 0 Å². The Morgan fingerprint density at radius 2 is 2.25 bits per heavy atom. The summed E-state index contributed by atoms with van der Waals surface area (Å²) < 4.78 is 0. The molecule has 16 heavy (non-hydrogen) atoms. The highest BCUT2D eigenvalue weighted by Crippen LogP contribution is 2.40. The Kier molecular flexibility index (Phi) is 4.20. The molecule has 2 unspecified atom stereocenters. The maximum atomic E-state index is 3.74. The molecule has 2 aliphatic rings. The molecule has 0 aromatic carbocycles. The van der Waals surface area contributed by atoms with E-state index in [0.29, 0.717) is 5.54 Å². The number of thioether (sulfide) groups is 1. The van der Waals surface area contributed by atoms with Crippen LogP contribution in [0.4, 0.5) is 0 Å². The highest BCUT2D eigenvalue weighted by molar-refractivity contribution is 7.99. The second-order valence-corrected chi connectivity index (χ2v) is 7.01. The summed E-state index contributed by atoms with van der Waals surface area (Å²) in [6.45, 7) is 9.73. The third-order valence-electron chi connectivity index (χ3n) is 4.24. The Bertz CT molecular complexity index is 230. The highest BCUT2D eigenvalue weighted by atomic mass is 32.2. The molecule has 94 valence electrons. The van der Waals surface area contributed by atoms with Crippen molar-refractivity contribution in [2.24, 2.45) is 5.92 Å². The van der Waals surface area contributed by atoms with Crippen molar-refractivity contribution >= 4 is 11.8 Å². The fraction of sp³-hybridized carbons (Fsp3) is 1.00. The van der Waals surface area contributed by atoms with E-state index < -0.39 is 0 Å². The van der Waals surface area contributed by atoms with E-state index in [0.717, 1.165) is 11.2 Å². The van der Waals surface area contributed by atoms with Crippen LogP contribution in [0.1, 0.15) is 33.1 Å². The van der Waals surface area contributed by atoms with Gasteiger partial charge in [-0.15, -0.1) is 0 Å². The van der Waals surface area contributed by atoms with Crippen molar-refractivity contribution in [3.8, 4) is 0 Å². The van der Waals surface area contributed by atoms with E-state index in [1.54, 1.807) is 0 Å². The largest absolute Gasteiger partial charge is 0.309 e. The third kappa shape index (κ3) is 3.14. The lowest BCUT2D eigenvalue weighted by Crippen LogP contribution is -2.60. The van der Waals surface area contributed by atoms with E-state index in [9.17, 15) is 0 Å². The fourth-order valence-corrected chi connectivity index (χ4v) is 3.11. The van der Waals surface area contributed by atoms with Gasteiger partial charge in [-0.2, -0.15) is 11.8 Å². The monoisotopic (exact) mass is 242 g/mol. The van der Waals surface area contributed by atoms with Crippen LogP contribution in [-0.4, -0.2) is 48.1 Å². The number of rotatable bonds is 5. The third-order valence-corrected chi connectivity index (χ3v) is 5.28. The van der Waals surface area contributed by atoms with Crippen molar-refractivity contribution < 1.29 is 0 Å². The first kappa shape index (κ1) is 12.7. The summed E-state index contributed by atoms with van der Waals surface area (Å²) in [6, 6.07) is 0. The molecule has 0 radical (unpaired) electrons. The molecule has 1 N–H and O–H groups in total. The molecule has 0 bridgehead atoms. The minimum Gasteiger partial charge on any atom is -0.309 e. The van der Waals surface area contributed by atoms with Crippen LogP contribution in [0.3, 0.4) is 0 Å². The van der Waals surface area contributed by atoms with Crippen LogP contribution < -0.4 is 5.32 Å². The molecule has 1 heterocycles. The zero-order chi connectivity index (χ0) is 11.6. The predicted molar refractivity (Wildman–Crippen MR) is 73.2 cm³/mol. The molecule has 0 aromatic rings. The average Bonchev–Trinajstić information content (AvgIpc) is 3.10. The second kappa shape index (κ2) is 5.28. The maximum Gasteiger partial charge on any atom is 0.0309 e. The summed E-state index contributed by atoms with van der Waals surface area (Å²) in [4.78, 5) is 2.67. The summed E-state index contributed by atoms with van der Waals surface area (Å²) >= 11 is 1.99.